The Bertz CT molecular complexity index is 634. The summed E-state index contributed by atoms with van der Waals surface area (Å²) in [6.07, 6.45) is 0.835. The minimum absolute atomic E-state index is 0.213. The average molecular weight is 268 g/mol. The molecule has 1 heterocycles. The van der Waals surface area contributed by atoms with Crippen LogP contribution >= 0.6 is 0 Å². The topological polar surface area (TPSA) is 35.5 Å². The Morgan fingerprint density at radius 1 is 1.25 bits per heavy atom. The molecule has 1 unspecified atom stereocenters. The molecule has 1 aliphatic heterocycles. The zero-order valence-electron chi connectivity index (χ0n) is 11.3. The lowest BCUT2D eigenvalue weighted by atomic mass is 10.0. The van der Waals surface area contributed by atoms with Crippen molar-refractivity contribution < 1.29 is 14.3 Å². The molecule has 0 saturated carbocycles. The molecule has 0 aromatic heterocycles. The SMILES string of the molecule is Cc1cccc(C=O)c1OCC1COc2ccccc21. The predicted molar refractivity (Wildman–Crippen MR) is 76.7 cm³/mol. The van der Waals surface area contributed by atoms with Gasteiger partial charge in [-0.15, -0.1) is 0 Å². The van der Waals surface area contributed by atoms with Gasteiger partial charge in [0.25, 0.3) is 0 Å². The Labute approximate surface area is 118 Å². The number of benzene rings is 2. The van der Waals surface area contributed by atoms with Crippen LogP contribution in [0.1, 0.15) is 27.4 Å². The number of carbonyl (C=O) groups is 1. The lowest BCUT2D eigenvalue weighted by Crippen LogP contribution is -2.13. The van der Waals surface area contributed by atoms with Gasteiger partial charge in [0, 0.05) is 5.56 Å². The zero-order valence-corrected chi connectivity index (χ0v) is 11.3. The first kappa shape index (κ1) is 12.7. The Morgan fingerprint density at radius 2 is 2.10 bits per heavy atom. The third-order valence-corrected chi connectivity index (χ3v) is 3.60. The van der Waals surface area contributed by atoms with Crippen LogP contribution in [0.25, 0.3) is 0 Å². The molecule has 0 spiro atoms. The molecular formula is C17H16O3. The standard InChI is InChI=1S/C17H16O3/c1-12-5-4-6-13(9-18)17(12)20-11-14-10-19-16-8-3-2-7-15(14)16/h2-9,14H,10-11H2,1H3. The highest BCUT2D eigenvalue weighted by atomic mass is 16.5. The Hall–Kier alpha value is -2.29. The molecule has 3 nitrogen and oxygen atoms in total. The molecule has 0 bridgehead atoms. The number of para-hydroxylation sites is 2. The maximum atomic E-state index is 11.1. The van der Waals surface area contributed by atoms with Crippen molar-refractivity contribution in [3.8, 4) is 11.5 Å². The van der Waals surface area contributed by atoms with Gasteiger partial charge in [0.05, 0.1) is 24.7 Å². The summed E-state index contributed by atoms with van der Waals surface area (Å²) in [6.45, 7) is 3.09. The third-order valence-electron chi connectivity index (χ3n) is 3.60. The normalized spacial score (nSPS) is 16.4. The molecule has 0 aliphatic carbocycles. The minimum atomic E-state index is 0.213. The van der Waals surface area contributed by atoms with Crippen LogP contribution in [-0.4, -0.2) is 19.5 Å². The number of hydrogen-bond acceptors (Lipinski definition) is 3. The Balaban J connectivity index is 1.77. The van der Waals surface area contributed by atoms with Crippen molar-refractivity contribution in [2.45, 2.75) is 12.8 Å². The number of fused-ring (bicyclic) bond motifs is 1. The molecule has 3 heteroatoms. The van der Waals surface area contributed by atoms with E-state index >= 15 is 0 Å². The highest BCUT2D eigenvalue weighted by Gasteiger charge is 2.24. The summed E-state index contributed by atoms with van der Waals surface area (Å²) in [7, 11) is 0. The maximum Gasteiger partial charge on any atom is 0.153 e. The van der Waals surface area contributed by atoms with Crippen molar-refractivity contribution in [3.05, 3.63) is 59.2 Å². The fourth-order valence-corrected chi connectivity index (χ4v) is 2.52. The second-order valence-corrected chi connectivity index (χ2v) is 4.97. The molecule has 2 aromatic carbocycles. The van der Waals surface area contributed by atoms with Gasteiger partial charge >= 0.3 is 0 Å². The number of rotatable bonds is 4. The summed E-state index contributed by atoms with van der Waals surface area (Å²) in [5.74, 6) is 1.82. The summed E-state index contributed by atoms with van der Waals surface area (Å²) >= 11 is 0. The van der Waals surface area contributed by atoms with Gasteiger partial charge in [0.1, 0.15) is 11.5 Å². The van der Waals surface area contributed by atoms with Crippen LogP contribution in [0.3, 0.4) is 0 Å². The monoisotopic (exact) mass is 268 g/mol. The Kier molecular flexibility index (Phi) is 3.42. The molecule has 0 saturated heterocycles. The van der Waals surface area contributed by atoms with Crippen LogP contribution in [0.2, 0.25) is 0 Å². The van der Waals surface area contributed by atoms with Crippen molar-refractivity contribution in [1.29, 1.82) is 0 Å². The van der Waals surface area contributed by atoms with Gasteiger partial charge in [-0.25, -0.2) is 0 Å². The van der Waals surface area contributed by atoms with Crippen molar-refractivity contribution >= 4 is 6.29 Å². The van der Waals surface area contributed by atoms with Crippen LogP contribution in [0.5, 0.6) is 11.5 Å². The minimum Gasteiger partial charge on any atom is -0.493 e. The van der Waals surface area contributed by atoms with Crippen molar-refractivity contribution in [2.75, 3.05) is 13.2 Å². The van der Waals surface area contributed by atoms with E-state index in [1.807, 2.05) is 37.3 Å². The van der Waals surface area contributed by atoms with E-state index in [1.165, 1.54) is 5.56 Å². The van der Waals surface area contributed by atoms with E-state index in [0.717, 1.165) is 17.6 Å². The molecule has 2 aromatic rings. The molecule has 0 fully saturated rings. The van der Waals surface area contributed by atoms with Gasteiger partial charge in [0.15, 0.2) is 6.29 Å². The van der Waals surface area contributed by atoms with E-state index < -0.39 is 0 Å². The fraction of sp³-hybridized carbons (Fsp3) is 0.235. The maximum absolute atomic E-state index is 11.1. The van der Waals surface area contributed by atoms with Gasteiger partial charge in [-0.1, -0.05) is 30.3 Å². The summed E-state index contributed by atoms with van der Waals surface area (Å²) in [5.41, 5.74) is 2.74. The van der Waals surface area contributed by atoms with Crippen molar-refractivity contribution in [2.24, 2.45) is 0 Å². The number of aryl methyl sites for hydroxylation is 1. The van der Waals surface area contributed by atoms with Crippen LogP contribution < -0.4 is 9.47 Å². The molecule has 102 valence electrons. The Morgan fingerprint density at radius 3 is 2.95 bits per heavy atom. The van der Waals surface area contributed by atoms with E-state index in [1.54, 1.807) is 6.07 Å². The van der Waals surface area contributed by atoms with Crippen LogP contribution in [0.4, 0.5) is 0 Å². The predicted octanol–water partition coefficient (Wildman–Crippen LogP) is 3.36. The average Bonchev–Trinajstić information content (AvgIpc) is 2.89. The lowest BCUT2D eigenvalue weighted by Gasteiger charge is -2.14. The number of aldehydes is 1. The largest absolute Gasteiger partial charge is 0.493 e. The molecule has 20 heavy (non-hydrogen) atoms. The first-order valence-electron chi connectivity index (χ1n) is 6.69. The number of carbonyl (C=O) groups excluding carboxylic acids is 1. The van der Waals surface area contributed by atoms with E-state index in [4.69, 9.17) is 9.47 Å². The highest BCUT2D eigenvalue weighted by Crippen LogP contribution is 2.34. The van der Waals surface area contributed by atoms with Gasteiger partial charge in [-0.3, -0.25) is 4.79 Å². The zero-order chi connectivity index (χ0) is 13.9. The molecule has 0 radical (unpaired) electrons. The van der Waals surface area contributed by atoms with Gasteiger partial charge in [-0.2, -0.15) is 0 Å². The second kappa shape index (κ2) is 5.37. The van der Waals surface area contributed by atoms with Crippen LogP contribution in [0, 0.1) is 6.92 Å². The van der Waals surface area contributed by atoms with Crippen LogP contribution in [-0.2, 0) is 0 Å². The van der Waals surface area contributed by atoms with E-state index in [0.29, 0.717) is 24.5 Å². The molecule has 0 N–H and O–H groups in total. The van der Waals surface area contributed by atoms with E-state index in [-0.39, 0.29) is 5.92 Å². The summed E-state index contributed by atoms with van der Waals surface area (Å²) in [5, 5.41) is 0. The smallest absolute Gasteiger partial charge is 0.153 e. The number of ether oxygens (including phenoxy) is 2. The molecule has 3 rings (SSSR count). The first-order valence-corrected chi connectivity index (χ1v) is 6.69. The van der Waals surface area contributed by atoms with E-state index in [2.05, 4.69) is 6.07 Å². The lowest BCUT2D eigenvalue weighted by molar-refractivity contribution is 0.111. The fourth-order valence-electron chi connectivity index (χ4n) is 2.52. The number of hydrogen-bond donors (Lipinski definition) is 0. The quantitative estimate of drug-likeness (QED) is 0.798. The molecule has 0 amide bonds. The van der Waals surface area contributed by atoms with E-state index in [9.17, 15) is 4.79 Å². The molecule has 1 aliphatic rings. The van der Waals surface area contributed by atoms with Gasteiger partial charge in [0.2, 0.25) is 0 Å². The van der Waals surface area contributed by atoms with Gasteiger partial charge < -0.3 is 9.47 Å². The summed E-state index contributed by atoms with van der Waals surface area (Å²) < 4.78 is 11.5. The first-order chi connectivity index (χ1) is 9.79. The van der Waals surface area contributed by atoms with Crippen LogP contribution in [0.15, 0.2) is 42.5 Å². The third kappa shape index (κ3) is 2.27. The summed E-state index contributed by atoms with van der Waals surface area (Å²) in [4.78, 5) is 11.1. The highest BCUT2D eigenvalue weighted by molar-refractivity contribution is 5.80. The second-order valence-electron chi connectivity index (χ2n) is 4.97. The summed E-state index contributed by atoms with van der Waals surface area (Å²) in [6, 6.07) is 13.6. The van der Waals surface area contributed by atoms with Gasteiger partial charge in [-0.05, 0) is 24.6 Å². The molecular weight excluding hydrogens is 252 g/mol. The van der Waals surface area contributed by atoms with Crippen molar-refractivity contribution in [3.63, 3.8) is 0 Å². The molecule has 1 atom stereocenters. The van der Waals surface area contributed by atoms with Crippen molar-refractivity contribution in [1.82, 2.24) is 0 Å².